The van der Waals surface area contributed by atoms with E-state index in [1.165, 1.54) is 0 Å². The molecule has 0 amide bonds. The summed E-state index contributed by atoms with van der Waals surface area (Å²) >= 11 is 0. The highest BCUT2D eigenvalue weighted by Gasteiger charge is 2.42. The Morgan fingerprint density at radius 1 is 0.833 bits per heavy atom. The Hall–Kier alpha value is -0.320. The van der Waals surface area contributed by atoms with E-state index in [9.17, 15) is 20.4 Å². The second-order valence-corrected chi connectivity index (χ2v) is 3.95. The minimum absolute atomic E-state index is 0.0511. The van der Waals surface area contributed by atoms with Crippen LogP contribution in [0.3, 0.4) is 0 Å². The molecule has 0 aromatic heterocycles. The Bertz CT molecular complexity index is 226. The summed E-state index contributed by atoms with van der Waals surface area (Å²) in [7, 11) is 0. The number of aliphatic hydroxyl groups excluding tert-OH is 5. The van der Waals surface area contributed by atoms with Gasteiger partial charge in [-0.3, -0.25) is 0 Å². The Balaban J connectivity index is 2.21. The van der Waals surface area contributed by atoms with Gasteiger partial charge in [0.2, 0.25) is 0 Å². The maximum Gasteiger partial charge on any atom is 0.184 e. The predicted molar refractivity (Wildman–Crippen MR) is 57.6 cm³/mol. The van der Waals surface area contributed by atoms with Gasteiger partial charge in [-0.2, -0.15) is 0 Å². The molecule has 108 valence electrons. The van der Waals surface area contributed by atoms with Crippen molar-refractivity contribution in [2.75, 3.05) is 33.0 Å². The summed E-state index contributed by atoms with van der Waals surface area (Å²) in [4.78, 5) is 0. The minimum Gasteiger partial charge on any atom is -0.394 e. The van der Waals surface area contributed by atoms with Gasteiger partial charge in [0.05, 0.1) is 33.0 Å². The Morgan fingerprint density at radius 2 is 1.50 bits per heavy atom. The lowest BCUT2D eigenvalue weighted by molar-refractivity contribution is -0.288. The van der Waals surface area contributed by atoms with Crippen LogP contribution < -0.4 is 0 Å². The van der Waals surface area contributed by atoms with E-state index < -0.39 is 30.7 Å². The highest BCUT2D eigenvalue weighted by atomic mass is 16.6. The molecule has 1 fully saturated rings. The minimum atomic E-state index is -1.55. The second kappa shape index (κ2) is 7.97. The van der Waals surface area contributed by atoms with Gasteiger partial charge in [-0.1, -0.05) is 0 Å². The van der Waals surface area contributed by atoms with Crippen LogP contribution in [0.15, 0.2) is 0 Å². The van der Waals surface area contributed by atoms with Crippen LogP contribution in [0, 0.1) is 0 Å². The summed E-state index contributed by atoms with van der Waals surface area (Å²) < 4.78 is 15.0. The summed E-state index contributed by atoms with van der Waals surface area (Å²) in [5, 5.41) is 45.9. The van der Waals surface area contributed by atoms with Crippen LogP contribution in [0.2, 0.25) is 0 Å². The first kappa shape index (κ1) is 15.7. The van der Waals surface area contributed by atoms with Crippen molar-refractivity contribution in [3.63, 3.8) is 0 Å². The molecule has 5 N–H and O–H groups in total. The summed E-state index contributed by atoms with van der Waals surface area (Å²) in [6, 6.07) is 0. The molecule has 5 atom stereocenters. The zero-order chi connectivity index (χ0) is 13.5. The third kappa shape index (κ3) is 4.41. The normalized spacial score (nSPS) is 36.8. The molecule has 1 heterocycles. The first-order chi connectivity index (χ1) is 8.57. The molecule has 5 unspecified atom stereocenters. The van der Waals surface area contributed by atoms with E-state index in [0.29, 0.717) is 0 Å². The van der Waals surface area contributed by atoms with Crippen LogP contribution in [0.4, 0.5) is 0 Å². The molecule has 0 aromatic carbocycles. The van der Waals surface area contributed by atoms with Crippen LogP contribution in [0.5, 0.6) is 0 Å². The highest BCUT2D eigenvalue weighted by Crippen LogP contribution is 2.19. The molecule has 0 spiro atoms. The van der Waals surface area contributed by atoms with Gasteiger partial charge in [0, 0.05) is 0 Å². The summed E-state index contributed by atoms with van der Waals surface area (Å²) in [5.74, 6) is 0. The molecule has 0 radical (unpaired) electrons. The molecular formula is C10H20O8. The average molecular weight is 268 g/mol. The zero-order valence-electron chi connectivity index (χ0n) is 9.88. The van der Waals surface area contributed by atoms with Crippen molar-refractivity contribution in [3.8, 4) is 0 Å². The molecule has 0 bridgehead atoms. The molecule has 1 saturated heterocycles. The lowest BCUT2D eigenvalue weighted by Crippen LogP contribution is -2.58. The first-order valence-electron chi connectivity index (χ1n) is 5.72. The molecule has 1 rings (SSSR count). The van der Waals surface area contributed by atoms with E-state index in [2.05, 4.69) is 0 Å². The zero-order valence-corrected chi connectivity index (χ0v) is 9.88. The van der Waals surface area contributed by atoms with Gasteiger partial charge >= 0.3 is 0 Å². The van der Waals surface area contributed by atoms with E-state index in [-0.39, 0.29) is 33.0 Å². The van der Waals surface area contributed by atoms with Crippen LogP contribution in [-0.2, 0) is 14.2 Å². The maximum absolute atomic E-state index is 9.58. The third-order valence-electron chi connectivity index (χ3n) is 2.58. The molecule has 1 aliphatic heterocycles. The van der Waals surface area contributed by atoms with E-state index in [1.54, 1.807) is 0 Å². The standard InChI is InChI=1S/C10H20O8/c11-1-2-16-3-4-17-5-6-7(12)8(13)9(14)10(15)18-6/h6-15H,1-5H2. The third-order valence-corrected chi connectivity index (χ3v) is 2.58. The van der Waals surface area contributed by atoms with Gasteiger partial charge in [0.15, 0.2) is 6.29 Å². The van der Waals surface area contributed by atoms with E-state index in [4.69, 9.17) is 19.3 Å². The fraction of sp³-hybridized carbons (Fsp3) is 1.00. The molecule has 8 heteroatoms. The van der Waals surface area contributed by atoms with Gasteiger partial charge in [-0.25, -0.2) is 0 Å². The van der Waals surface area contributed by atoms with Crippen molar-refractivity contribution in [2.24, 2.45) is 0 Å². The van der Waals surface area contributed by atoms with Crippen LogP contribution in [0.25, 0.3) is 0 Å². The van der Waals surface area contributed by atoms with Gasteiger partial charge in [-0.15, -0.1) is 0 Å². The van der Waals surface area contributed by atoms with Crippen molar-refractivity contribution >= 4 is 0 Å². The molecule has 18 heavy (non-hydrogen) atoms. The van der Waals surface area contributed by atoms with E-state index >= 15 is 0 Å². The second-order valence-electron chi connectivity index (χ2n) is 3.95. The highest BCUT2D eigenvalue weighted by molar-refractivity contribution is 4.88. The quantitative estimate of drug-likeness (QED) is 0.306. The van der Waals surface area contributed by atoms with Gasteiger partial charge in [-0.05, 0) is 0 Å². The fourth-order valence-corrected chi connectivity index (χ4v) is 1.55. The van der Waals surface area contributed by atoms with Crippen molar-refractivity contribution in [1.82, 2.24) is 0 Å². The molecular weight excluding hydrogens is 248 g/mol. The predicted octanol–water partition coefficient (Wildman–Crippen LogP) is -3.19. The van der Waals surface area contributed by atoms with Crippen molar-refractivity contribution in [1.29, 1.82) is 0 Å². The number of aliphatic hydroxyl groups is 5. The van der Waals surface area contributed by atoms with Gasteiger partial charge < -0.3 is 39.7 Å². The Kier molecular flexibility index (Phi) is 6.97. The number of rotatable bonds is 7. The molecule has 0 aromatic rings. The largest absolute Gasteiger partial charge is 0.394 e. The topological polar surface area (TPSA) is 129 Å². The number of hydrogen-bond acceptors (Lipinski definition) is 8. The molecule has 0 aliphatic carbocycles. The fourth-order valence-electron chi connectivity index (χ4n) is 1.55. The van der Waals surface area contributed by atoms with E-state index in [0.717, 1.165) is 0 Å². The number of hydrogen-bond donors (Lipinski definition) is 5. The Labute approximate surface area is 104 Å². The summed E-state index contributed by atoms with van der Waals surface area (Å²) in [6.07, 6.45) is -6.82. The van der Waals surface area contributed by atoms with Gasteiger partial charge in [0.25, 0.3) is 0 Å². The average Bonchev–Trinajstić information content (AvgIpc) is 2.37. The summed E-state index contributed by atoms with van der Waals surface area (Å²) in [5.41, 5.74) is 0. The molecule has 0 saturated carbocycles. The lowest BCUT2D eigenvalue weighted by atomic mass is 9.99. The maximum atomic E-state index is 9.58. The van der Waals surface area contributed by atoms with Crippen molar-refractivity contribution < 1.29 is 39.7 Å². The summed E-state index contributed by atoms with van der Waals surface area (Å²) in [6.45, 7) is 0.596. The number of ether oxygens (including phenoxy) is 3. The molecule has 8 nitrogen and oxygen atoms in total. The first-order valence-corrected chi connectivity index (χ1v) is 5.72. The van der Waals surface area contributed by atoms with Crippen LogP contribution in [0.1, 0.15) is 0 Å². The smallest absolute Gasteiger partial charge is 0.184 e. The SMILES string of the molecule is OCCOCCOCC1OC(O)C(O)C(O)C1O. The van der Waals surface area contributed by atoms with Crippen LogP contribution in [-0.4, -0.2) is 89.3 Å². The monoisotopic (exact) mass is 268 g/mol. The van der Waals surface area contributed by atoms with Gasteiger partial charge in [0.1, 0.15) is 24.4 Å². The Morgan fingerprint density at radius 3 is 2.17 bits per heavy atom. The molecule has 1 aliphatic rings. The van der Waals surface area contributed by atoms with Crippen molar-refractivity contribution in [2.45, 2.75) is 30.7 Å². The van der Waals surface area contributed by atoms with E-state index in [1.807, 2.05) is 0 Å². The lowest BCUT2D eigenvalue weighted by Gasteiger charge is -2.38. The van der Waals surface area contributed by atoms with Crippen molar-refractivity contribution in [3.05, 3.63) is 0 Å². The van der Waals surface area contributed by atoms with Crippen LogP contribution >= 0.6 is 0 Å².